The van der Waals surface area contributed by atoms with Crippen LogP contribution >= 0.6 is 7.82 Å². The Morgan fingerprint density at radius 1 is 1.11 bits per heavy atom. The third kappa shape index (κ3) is 7.28. The molecule has 0 spiro atoms. The van der Waals surface area contributed by atoms with Crippen LogP contribution in [0.5, 0.6) is 0 Å². The maximum absolute atomic E-state index is 10.4. The third-order valence-electron chi connectivity index (χ3n) is 2.05. The summed E-state index contributed by atoms with van der Waals surface area (Å²) in [5.41, 5.74) is 0. The van der Waals surface area contributed by atoms with Gasteiger partial charge in [-0.3, -0.25) is 4.52 Å². The Morgan fingerprint density at radius 2 is 1.56 bits per heavy atom. The van der Waals surface area contributed by atoms with E-state index in [2.05, 4.69) is 4.52 Å². The summed E-state index contributed by atoms with van der Waals surface area (Å²) < 4.78 is 19.4. The van der Waals surface area contributed by atoms with Crippen LogP contribution in [0.4, 0.5) is 0 Å². The van der Waals surface area contributed by atoms with Gasteiger partial charge in [0.25, 0.3) is 0 Å². The molecule has 0 saturated carbocycles. The van der Waals surface area contributed by atoms with Crippen LogP contribution in [0, 0.1) is 0 Å². The Balaban J connectivity index is -0.000000750. The molecule has 1 saturated heterocycles. The van der Waals surface area contributed by atoms with Crippen molar-refractivity contribution >= 4 is 56.7 Å². The first-order valence-electron chi connectivity index (χ1n) is 4.17. The first-order chi connectivity index (χ1) is 6.85. The summed E-state index contributed by atoms with van der Waals surface area (Å²) in [6.45, 7) is -1.05. The van der Waals surface area contributed by atoms with Crippen LogP contribution in [0.25, 0.3) is 0 Å². The second-order valence-electron chi connectivity index (χ2n) is 3.16. The number of aliphatic hydroxyl groups is 3. The number of aliphatic hydroxyl groups excluding tert-OH is 3. The minimum atomic E-state index is -4.63. The van der Waals surface area contributed by atoms with Gasteiger partial charge in [0, 0.05) is 48.9 Å². The maximum atomic E-state index is 10.4. The van der Waals surface area contributed by atoms with Crippen LogP contribution in [-0.4, -0.2) is 123 Å². The van der Waals surface area contributed by atoms with Gasteiger partial charge in [-0.2, -0.15) is 0 Å². The Kier molecular flexibility index (Phi) is 13.9. The topological polar surface area (TPSA) is 200 Å². The van der Waals surface area contributed by atoms with Crippen molar-refractivity contribution in [2.45, 2.75) is 24.4 Å². The number of phosphoric ester groups is 1. The largest absolute Gasteiger partial charge is 0.469 e. The van der Waals surface area contributed by atoms with Gasteiger partial charge in [0.1, 0.15) is 24.4 Å². The SMILES string of the molecule is O.O.O=P(O)(O)OC[C@H]1O[C@H](CO)[C@@H](O)[C@@H]1O.[Ba]. The van der Waals surface area contributed by atoms with E-state index in [9.17, 15) is 14.8 Å². The Morgan fingerprint density at radius 3 is 1.89 bits per heavy atom. The number of phosphoric acid groups is 1. The summed E-state index contributed by atoms with van der Waals surface area (Å²) >= 11 is 0. The number of hydrogen-bond donors (Lipinski definition) is 5. The molecule has 12 heteroatoms. The van der Waals surface area contributed by atoms with Crippen molar-refractivity contribution in [1.29, 1.82) is 0 Å². The molecular formula is C6H17BaO10P. The summed E-state index contributed by atoms with van der Waals surface area (Å²) in [5.74, 6) is 0. The standard InChI is InChI=1S/C6H13O8P.Ba.2H2O/c7-1-3-5(8)6(9)4(14-3)2-13-15(10,11)12;;;/h3-9H,1-2H2,(H2,10,11,12);;2*1H2/t3-,4-,5-,6-;;;/m1.../s1. The summed E-state index contributed by atoms with van der Waals surface area (Å²) in [6.07, 6.45) is -4.66. The van der Waals surface area contributed by atoms with Crippen LogP contribution in [0.15, 0.2) is 0 Å². The quantitative estimate of drug-likeness (QED) is 0.223. The van der Waals surface area contributed by atoms with Crippen LogP contribution in [0.1, 0.15) is 0 Å². The fraction of sp³-hybridized carbons (Fsp3) is 1.00. The van der Waals surface area contributed by atoms with Crippen molar-refractivity contribution in [3.63, 3.8) is 0 Å². The molecule has 10 nitrogen and oxygen atoms in total. The first kappa shape index (κ1) is 24.5. The molecule has 2 radical (unpaired) electrons. The normalized spacial score (nSPS) is 30.9. The van der Waals surface area contributed by atoms with Crippen LogP contribution in [0.2, 0.25) is 0 Å². The van der Waals surface area contributed by atoms with Gasteiger partial charge >= 0.3 is 7.82 Å². The zero-order valence-electron chi connectivity index (χ0n) is 9.34. The van der Waals surface area contributed by atoms with Crippen LogP contribution in [-0.2, 0) is 13.8 Å². The molecule has 4 atom stereocenters. The van der Waals surface area contributed by atoms with Crippen molar-refractivity contribution in [1.82, 2.24) is 0 Å². The van der Waals surface area contributed by atoms with E-state index >= 15 is 0 Å². The zero-order valence-corrected chi connectivity index (χ0v) is 14.7. The molecule has 1 aliphatic heterocycles. The van der Waals surface area contributed by atoms with Crippen molar-refractivity contribution < 1.29 is 49.9 Å². The van der Waals surface area contributed by atoms with E-state index in [4.69, 9.17) is 19.6 Å². The summed E-state index contributed by atoms with van der Waals surface area (Å²) in [5, 5.41) is 27.3. The van der Waals surface area contributed by atoms with E-state index in [0.717, 1.165) is 0 Å². The van der Waals surface area contributed by atoms with Gasteiger partial charge in [-0.15, -0.1) is 0 Å². The monoisotopic (exact) mass is 418 g/mol. The number of hydrogen-bond acceptors (Lipinski definition) is 6. The van der Waals surface area contributed by atoms with Gasteiger partial charge in [0.2, 0.25) is 0 Å². The van der Waals surface area contributed by atoms with Crippen molar-refractivity contribution in [2.24, 2.45) is 0 Å². The van der Waals surface area contributed by atoms with Crippen molar-refractivity contribution in [3.05, 3.63) is 0 Å². The van der Waals surface area contributed by atoms with Crippen LogP contribution in [0.3, 0.4) is 0 Å². The molecule has 9 N–H and O–H groups in total. The number of ether oxygens (including phenoxy) is 1. The van der Waals surface area contributed by atoms with Gasteiger partial charge in [-0.05, 0) is 0 Å². The molecular weight excluding hydrogens is 400 g/mol. The molecule has 0 bridgehead atoms. The molecule has 0 amide bonds. The second-order valence-corrected chi connectivity index (χ2v) is 4.40. The molecule has 0 aromatic carbocycles. The molecule has 0 aromatic rings. The maximum Gasteiger partial charge on any atom is 0.469 e. The molecule has 0 aromatic heterocycles. The van der Waals surface area contributed by atoms with E-state index in [1.54, 1.807) is 0 Å². The molecule has 1 aliphatic rings. The van der Waals surface area contributed by atoms with Gasteiger partial charge in [0.05, 0.1) is 13.2 Å². The molecule has 1 fully saturated rings. The van der Waals surface area contributed by atoms with Gasteiger partial charge in [-0.25, -0.2) is 4.57 Å². The molecule has 1 heterocycles. The minimum absolute atomic E-state index is 0. The van der Waals surface area contributed by atoms with Gasteiger partial charge < -0.3 is 40.8 Å². The molecule has 1 rings (SSSR count). The average Bonchev–Trinajstić information content (AvgIpc) is 2.40. The zero-order chi connectivity index (χ0) is 11.6. The van der Waals surface area contributed by atoms with E-state index in [1.165, 1.54) is 0 Å². The smallest absolute Gasteiger partial charge is 0.412 e. The summed E-state index contributed by atoms with van der Waals surface area (Å²) in [6, 6.07) is 0. The van der Waals surface area contributed by atoms with Gasteiger partial charge in [0.15, 0.2) is 0 Å². The summed E-state index contributed by atoms with van der Waals surface area (Å²) in [4.78, 5) is 16.8. The predicted molar refractivity (Wildman–Crippen MR) is 58.7 cm³/mol. The molecule has 0 aliphatic carbocycles. The van der Waals surface area contributed by atoms with Gasteiger partial charge in [-0.1, -0.05) is 0 Å². The van der Waals surface area contributed by atoms with E-state index in [1.807, 2.05) is 0 Å². The van der Waals surface area contributed by atoms with E-state index < -0.39 is 45.5 Å². The minimum Gasteiger partial charge on any atom is -0.412 e. The fourth-order valence-corrected chi connectivity index (χ4v) is 1.63. The first-order valence-corrected chi connectivity index (χ1v) is 5.70. The molecule has 108 valence electrons. The van der Waals surface area contributed by atoms with Crippen molar-refractivity contribution in [3.8, 4) is 0 Å². The third-order valence-corrected chi connectivity index (χ3v) is 2.53. The molecule has 18 heavy (non-hydrogen) atoms. The van der Waals surface area contributed by atoms with E-state index in [-0.39, 0.29) is 59.8 Å². The Bertz CT molecular complexity index is 259. The number of rotatable bonds is 4. The Labute approximate surface area is 143 Å². The van der Waals surface area contributed by atoms with E-state index in [0.29, 0.717) is 0 Å². The van der Waals surface area contributed by atoms with Crippen LogP contribution < -0.4 is 0 Å². The fourth-order valence-electron chi connectivity index (χ4n) is 1.28. The second kappa shape index (κ2) is 10.2. The molecule has 0 unspecified atom stereocenters. The Hall–Kier alpha value is 1.44. The summed E-state index contributed by atoms with van der Waals surface area (Å²) in [7, 11) is -4.63. The average molecular weight is 417 g/mol. The van der Waals surface area contributed by atoms with Crippen molar-refractivity contribution in [2.75, 3.05) is 13.2 Å². The predicted octanol–water partition coefficient (Wildman–Crippen LogP) is -4.45.